The maximum absolute atomic E-state index is 16.1. The predicted molar refractivity (Wildman–Crippen MR) is 480 cm³/mol. The van der Waals surface area contributed by atoms with Crippen LogP contribution < -0.4 is 63.2 Å². The summed E-state index contributed by atoms with van der Waals surface area (Å²) in [7, 11) is 0. The van der Waals surface area contributed by atoms with Crippen molar-refractivity contribution in [3.63, 3.8) is 0 Å². The smallest absolute Gasteiger partial charge is 0.419 e. The molecule has 1 heterocycles. The highest BCUT2D eigenvalue weighted by Gasteiger charge is 2.40. The number of carbonyl (C=O) groups is 12. The molecule has 0 bridgehead atoms. The van der Waals surface area contributed by atoms with Crippen molar-refractivity contribution in [3.8, 4) is 16.9 Å². The number of fused-ring (bicyclic) bond motifs is 4. The van der Waals surface area contributed by atoms with Crippen molar-refractivity contribution in [3.05, 3.63) is 161 Å². The monoisotopic (exact) mass is 1750 g/mol. The molecule has 0 radical (unpaired) electrons. The number of benzene rings is 5. The Morgan fingerprint density at radius 1 is 0.419 bits per heavy atom. The molecule has 11 amide bonds. The standard InChI is InChI=1S/C92H128N12O18S2/c1-55(56(2)118-88(6,7)8)96-82(111)74(51-123-53-94-58(4)105)101-84(113)77(57(3)119-89(9,10)11)103-78(107)70(39-30-31-45-93-85(114)121-91(15,16)17)97-81(110)73(48-62-49-104(87(116)122-92(18,19)20)76-40-29-28-34-64(62)76)99-79(108)71(47-61-41-43-63(44-42-61)120-90(12,13)14)98-83(112)75(52-124-54-95-59(5)106)100-80(109)72(46-60-32-22-21-23-33-60)102-86(115)117-50-69-67-37-26-24-35-65(67)66-36-25-27-38-68(66)69/h21-29,32-38,40-44,49,55-57,69-75,77H,30-31,39,45-48,50-54H2,1-20H3,(H,93,114)(H,94,105)(H,95,106)(H,96,111)(H,97,110)(H,98,112)(H,99,108)(H,100,109)(H,101,113)(H,102,115)(H,103,107)/t55-,56?,57?,70+,71+,72-,73+,74-,75+,77-/m1/s1. The average Bonchev–Trinajstić information content (AvgIpc) is 1.62. The molecule has 1 aromatic heterocycles. The summed E-state index contributed by atoms with van der Waals surface area (Å²) in [4.78, 5) is 174. The molecule has 30 nitrogen and oxygen atoms in total. The first-order valence-electron chi connectivity index (χ1n) is 41.9. The normalized spacial score (nSPS) is 14.7. The van der Waals surface area contributed by atoms with Crippen LogP contribution in [0.25, 0.3) is 22.0 Å². The van der Waals surface area contributed by atoms with Crippen LogP contribution in [-0.4, -0.2) is 201 Å². The van der Waals surface area contributed by atoms with E-state index in [0.29, 0.717) is 33.3 Å². The summed E-state index contributed by atoms with van der Waals surface area (Å²) in [6, 6.07) is 26.8. The van der Waals surface area contributed by atoms with Gasteiger partial charge in [0.2, 0.25) is 53.2 Å². The van der Waals surface area contributed by atoms with E-state index >= 15 is 28.8 Å². The number of nitrogens with zero attached hydrogens (tertiary/aromatic N) is 1. The predicted octanol–water partition coefficient (Wildman–Crippen LogP) is 10.7. The van der Waals surface area contributed by atoms with Gasteiger partial charge >= 0.3 is 18.3 Å². The highest BCUT2D eigenvalue weighted by atomic mass is 32.2. The van der Waals surface area contributed by atoms with Gasteiger partial charge in [0.15, 0.2) is 0 Å². The van der Waals surface area contributed by atoms with E-state index in [2.05, 4.69) is 58.5 Å². The SMILES string of the molecule is CC(=O)NCSC[C@H](NC(=O)[C@@H](Cc1ccccc1)NC(=O)OCC1c2ccccc2-c2ccccc21)C(=O)N[C@@H](Cc1ccc(OC(C)(C)C)cc1)C(=O)N[C@@H](Cc1cn(C(=O)OC(C)(C)C)c2ccccc12)C(=O)N[C@@H](CCCCNC(=O)OC(C)(C)C)C(=O)N[C@@H](C(=O)N[C@H](CSCNC(C)=O)C(=O)N[C@H](C)C(C)OC(C)(C)C)C(C)OC(C)(C)C. The molecule has 5 aromatic carbocycles. The lowest BCUT2D eigenvalue weighted by Gasteiger charge is -2.33. The molecule has 0 saturated carbocycles. The summed E-state index contributed by atoms with van der Waals surface area (Å²) >= 11 is 2.22. The van der Waals surface area contributed by atoms with Gasteiger partial charge in [-0.1, -0.05) is 109 Å². The van der Waals surface area contributed by atoms with E-state index in [1.165, 1.54) is 24.6 Å². The van der Waals surface area contributed by atoms with Crippen LogP contribution in [0.3, 0.4) is 0 Å². The third-order valence-electron chi connectivity index (χ3n) is 19.2. The molecule has 2 unspecified atom stereocenters. The van der Waals surface area contributed by atoms with E-state index in [1.54, 1.807) is 162 Å². The fourth-order valence-electron chi connectivity index (χ4n) is 13.6. The number of para-hydroxylation sites is 1. The molecule has 0 fully saturated rings. The summed E-state index contributed by atoms with van der Waals surface area (Å²) in [5.41, 5.74) is 1.78. The number of amides is 11. The Kier molecular flexibility index (Phi) is 37.1. The maximum atomic E-state index is 16.1. The van der Waals surface area contributed by atoms with Crippen molar-refractivity contribution in [2.45, 2.75) is 271 Å². The second kappa shape index (κ2) is 45.8. The highest BCUT2D eigenvalue weighted by Crippen LogP contribution is 2.44. The molecule has 124 heavy (non-hydrogen) atoms. The first kappa shape index (κ1) is 100. The Morgan fingerprint density at radius 3 is 1.40 bits per heavy atom. The second-order valence-corrected chi connectivity index (χ2v) is 37.9. The Labute approximate surface area is 737 Å². The van der Waals surface area contributed by atoms with Crippen LogP contribution in [0.2, 0.25) is 0 Å². The number of aromatic nitrogens is 1. The largest absolute Gasteiger partial charge is 0.488 e. The average molecular weight is 1750 g/mol. The minimum absolute atomic E-state index is 0.0257. The van der Waals surface area contributed by atoms with Gasteiger partial charge in [0.05, 0.1) is 46.7 Å². The van der Waals surface area contributed by atoms with Gasteiger partial charge in [0.25, 0.3) is 0 Å². The number of hydrogen-bond acceptors (Lipinski definition) is 20. The van der Waals surface area contributed by atoms with Crippen molar-refractivity contribution < 1.29 is 86.0 Å². The Bertz CT molecular complexity index is 4600. The molecule has 10 atom stereocenters. The van der Waals surface area contributed by atoms with Crippen molar-refractivity contribution in [2.24, 2.45) is 0 Å². The Morgan fingerprint density at radius 2 is 0.871 bits per heavy atom. The fourth-order valence-corrected chi connectivity index (χ4v) is 15.4. The lowest BCUT2D eigenvalue weighted by Crippen LogP contribution is -2.63. The number of thioether (sulfide) groups is 2. The van der Waals surface area contributed by atoms with Gasteiger partial charge in [-0.05, 0) is 201 Å². The highest BCUT2D eigenvalue weighted by molar-refractivity contribution is 7.99. The van der Waals surface area contributed by atoms with E-state index in [1.807, 2.05) is 90.1 Å². The molecule has 32 heteroatoms. The number of hydrogen-bond donors (Lipinski definition) is 11. The number of alkyl carbamates (subject to hydrolysis) is 2. The number of ether oxygens (including phenoxy) is 6. The molecule has 0 aliphatic heterocycles. The van der Waals surface area contributed by atoms with Crippen LogP contribution in [0.1, 0.15) is 191 Å². The molecule has 1 aliphatic carbocycles. The zero-order valence-corrected chi connectivity index (χ0v) is 76.8. The zero-order chi connectivity index (χ0) is 91.6. The van der Waals surface area contributed by atoms with Crippen molar-refractivity contribution in [1.82, 2.24) is 63.1 Å². The van der Waals surface area contributed by atoms with E-state index in [9.17, 15) is 28.8 Å². The summed E-state index contributed by atoms with van der Waals surface area (Å²) in [5, 5.41) is 31.4. The molecular weight excluding hydrogens is 1630 g/mol. The first-order chi connectivity index (χ1) is 58.1. The zero-order valence-electron chi connectivity index (χ0n) is 75.2. The van der Waals surface area contributed by atoms with E-state index < -0.39 is 155 Å². The summed E-state index contributed by atoms with van der Waals surface area (Å²) in [6.07, 6.45) is -3.19. The molecule has 0 saturated heterocycles. The number of carbonyl (C=O) groups excluding carboxylic acids is 12. The summed E-state index contributed by atoms with van der Waals surface area (Å²) in [5.74, 6) is -6.88. The van der Waals surface area contributed by atoms with Gasteiger partial charge in [0.1, 0.15) is 71.5 Å². The topological polar surface area (TPSA) is 397 Å². The third kappa shape index (κ3) is 33.8. The summed E-state index contributed by atoms with van der Waals surface area (Å²) in [6.45, 7) is 34.4. The van der Waals surface area contributed by atoms with Crippen LogP contribution in [-0.2, 0) is 86.1 Å². The van der Waals surface area contributed by atoms with Crippen LogP contribution in [0.15, 0.2) is 134 Å². The van der Waals surface area contributed by atoms with E-state index in [0.717, 1.165) is 45.8 Å². The van der Waals surface area contributed by atoms with Crippen molar-refractivity contribution in [1.29, 1.82) is 0 Å². The molecule has 6 aromatic rings. The molecule has 1 aliphatic rings. The third-order valence-corrected chi connectivity index (χ3v) is 21.0. The molecule has 7 rings (SSSR count). The summed E-state index contributed by atoms with van der Waals surface area (Å²) < 4.78 is 37.3. The Balaban J connectivity index is 1.30. The minimum Gasteiger partial charge on any atom is -0.488 e. The second-order valence-electron chi connectivity index (χ2n) is 35.9. The van der Waals surface area contributed by atoms with Gasteiger partial charge in [0, 0.05) is 68.7 Å². The number of unbranched alkanes of at least 4 members (excludes halogenated alkanes) is 1. The molecular formula is C92H128N12O18S2. The molecule has 11 N–H and O–H groups in total. The minimum atomic E-state index is -1.72. The lowest BCUT2D eigenvalue weighted by atomic mass is 9.98. The van der Waals surface area contributed by atoms with Crippen LogP contribution in [0.4, 0.5) is 14.4 Å². The van der Waals surface area contributed by atoms with Gasteiger partial charge in [-0.25, -0.2) is 14.4 Å². The van der Waals surface area contributed by atoms with Crippen molar-refractivity contribution >= 4 is 106 Å². The van der Waals surface area contributed by atoms with Gasteiger partial charge in [-0.15, -0.1) is 23.5 Å². The first-order valence-corrected chi connectivity index (χ1v) is 44.3. The lowest BCUT2D eigenvalue weighted by molar-refractivity contribution is -0.140. The maximum Gasteiger partial charge on any atom is 0.419 e. The quantitative estimate of drug-likeness (QED) is 0.00965. The van der Waals surface area contributed by atoms with Crippen LogP contribution in [0, 0.1) is 0 Å². The Hall–Kier alpha value is -10.7. The van der Waals surface area contributed by atoms with Crippen LogP contribution >= 0.6 is 23.5 Å². The van der Waals surface area contributed by atoms with Crippen molar-refractivity contribution in [2.75, 3.05) is 36.4 Å². The van der Waals surface area contributed by atoms with Gasteiger partial charge < -0.3 is 86.9 Å². The molecule has 676 valence electrons. The fraction of sp³-hybridized carbons (Fsp3) is 0.522. The van der Waals surface area contributed by atoms with Gasteiger partial charge in [-0.3, -0.25) is 47.7 Å². The van der Waals surface area contributed by atoms with E-state index in [4.69, 9.17) is 28.4 Å². The molecule has 0 spiro atoms. The van der Waals surface area contributed by atoms with Crippen LogP contribution in [0.5, 0.6) is 5.75 Å². The number of nitrogens with one attached hydrogen (secondary N) is 11. The number of rotatable bonds is 41. The van der Waals surface area contributed by atoms with Gasteiger partial charge in [-0.2, -0.15) is 0 Å². The van der Waals surface area contributed by atoms with E-state index in [-0.39, 0.29) is 86.2 Å².